The van der Waals surface area contributed by atoms with Gasteiger partial charge in [-0.25, -0.2) is 18.3 Å². The third kappa shape index (κ3) is 10.2. The van der Waals surface area contributed by atoms with Crippen molar-refractivity contribution in [3.63, 3.8) is 0 Å². The lowest BCUT2D eigenvalue weighted by Crippen LogP contribution is -2.59. The van der Waals surface area contributed by atoms with Crippen LogP contribution >= 0.6 is 11.6 Å². The van der Waals surface area contributed by atoms with Crippen LogP contribution in [0.15, 0.2) is 67.0 Å². The maximum absolute atomic E-state index is 16.2. The van der Waals surface area contributed by atoms with Crippen molar-refractivity contribution in [3.05, 3.63) is 94.4 Å². The van der Waals surface area contributed by atoms with E-state index in [1.54, 1.807) is 53.2 Å². The number of anilines is 4. The number of primary amides is 1. The molecule has 4 N–H and O–H groups in total. The predicted molar refractivity (Wildman–Crippen MR) is 251 cm³/mol. The fourth-order valence-electron chi connectivity index (χ4n) is 9.64. The van der Waals surface area contributed by atoms with Crippen LogP contribution in [-0.2, 0) is 22.6 Å². The van der Waals surface area contributed by atoms with Crippen molar-refractivity contribution in [3.8, 4) is 11.3 Å². The third-order valence-electron chi connectivity index (χ3n) is 14.0. The number of halogens is 6. The molecule has 3 aromatic heterocycles. The minimum atomic E-state index is -3.90. The standard InChI is InChI=1S/C43H46ClF2N11O4.C5H7F3/c1-48-33-21-37(52-57-36(39(47)60)23-50-40(33)57)56-16-10-30-29(4-3-5-34(30)56)32-9-6-27(22-49-32)24-54-17-12-42(43(45,46)25-54)13-18-55(19-14-42)41(61)28-7-8-31(44)35(20-28)53(2)15-11-38(59)51-26-58;6-5(7,8)4-2-1-3-4/h3-9,20-23,26,48H,10-19,24-25H2,1-2H3,(H2,47,60)(H,51,58,59);4H,1-3H2. The Labute approximate surface area is 400 Å². The quantitative estimate of drug-likeness (QED) is 0.0835. The summed E-state index contributed by atoms with van der Waals surface area (Å²) in [7, 11) is 3.51. The van der Waals surface area contributed by atoms with E-state index in [2.05, 4.69) is 20.5 Å². The number of alkyl halides is 5. The molecule has 0 atom stereocenters. The number of benzene rings is 2. The molecule has 0 unspecified atom stereocenters. The molecule has 1 aliphatic carbocycles. The maximum Gasteiger partial charge on any atom is 0.391 e. The molecule has 0 radical (unpaired) electrons. The molecular formula is C48H53ClF5N11O4. The van der Waals surface area contributed by atoms with Crippen LogP contribution in [0.25, 0.3) is 16.9 Å². The number of pyridine rings is 1. The average Bonchev–Trinajstić information content (AvgIpc) is 3.94. The Hall–Kier alpha value is -6.41. The van der Waals surface area contributed by atoms with E-state index < -0.39 is 35.2 Å². The molecule has 15 nitrogen and oxygen atoms in total. The Morgan fingerprint density at radius 2 is 1.74 bits per heavy atom. The zero-order chi connectivity index (χ0) is 49.3. The van der Waals surface area contributed by atoms with E-state index in [4.69, 9.17) is 27.4 Å². The van der Waals surface area contributed by atoms with Gasteiger partial charge in [0.2, 0.25) is 12.3 Å². The first-order valence-corrected chi connectivity index (χ1v) is 23.2. The zero-order valence-corrected chi connectivity index (χ0v) is 38.9. The van der Waals surface area contributed by atoms with Gasteiger partial charge in [0, 0.05) is 87.7 Å². The molecule has 5 aromatic rings. The van der Waals surface area contributed by atoms with E-state index in [0.29, 0.717) is 78.7 Å². The number of hydrogen-bond donors (Lipinski definition) is 3. The SMILES string of the molecule is CNc1cc(N2CCc3c(-c4ccc(CN5CCC6(CCN(C(=O)c7ccc(Cl)c(N(C)CCC(=O)NC=O)c7)CC6)C(F)(F)C5)cn4)cccc32)nn2c(C(N)=O)cnc12.FC(F)(F)C1CCC1. The normalized spacial score (nSPS) is 17.7. The molecule has 21 heteroatoms. The van der Waals surface area contributed by atoms with Crippen molar-refractivity contribution in [1.82, 2.24) is 34.7 Å². The molecule has 4 aliphatic rings. The smallest absolute Gasteiger partial charge is 0.385 e. The molecule has 4 amide bonds. The van der Waals surface area contributed by atoms with Crippen LogP contribution in [0.4, 0.5) is 44.8 Å². The number of rotatable bonds is 12. The van der Waals surface area contributed by atoms with Gasteiger partial charge in [0.05, 0.1) is 40.8 Å². The highest BCUT2D eigenvalue weighted by Gasteiger charge is 2.57. The van der Waals surface area contributed by atoms with Crippen LogP contribution in [0, 0.1) is 11.3 Å². The number of aromatic nitrogens is 4. The van der Waals surface area contributed by atoms with Gasteiger partial charge in [0.25, 0.3) is 17.7 Å². The second kappa shape index (κ2) is 19.9. The van der Waals surface area contributed by atoms with Crippen LogP contribution < -0.4 is 26.2 Å². The van der Waals surface area contributed by atoms with Gasteiger partial charge in [0.15, 0.2) is 11.5 Å². The van der Waals surface area contributed by atoms with Gasteiger partial charge in [-0.15, -0.1) is 5.10 Å². The van der Waals surface area contributed by atoms with Crippen molar-refractivity contribution in [1.29, 1.82) is 0 Å². The van der Waals surface area contributed by atoms with Gasteiger partial charge in [-0.1, -0.05) is 36.2 Å². The van der Waals surface area contributed by atoms with Crippen molar-refractivity contribution < 1.29 is 41.1 Å². The van der Waals surface area contributed by atoms with E-state index >= 15 is 8.78 Å². The van der Waals surface area contributed by atoms with Crippen molar-refractivity contribution in [2.24, 2.45) is 17.1 Å². The zero-order valence-electron chi connectivity index (χ0n) is 38.2. The van der Waals surface area contributed by atoms with E-state index in [0.717, 1.165) is 40.9 Å². The van der Waals surface area contributed by atoms with Crippen LogP contribution in [0.5, 0.6) is 0 Å². The molecule has 366 valence electrons. The Bertz CT molecular complexity index is 2720. The molecule has 1 spiro atoms. The largest absolute Gasteiger partial charge is 0.391 e. The van der Waals surface area contributed by atoms with Gasteiger partial charge in [-0.05, 0) is 86.5 Å². The molecule has 3 aliphatic heterocycles. The Morgan fingerprint density at radius 1 is 0.986 bits per heavy atom. The monoisotopic (exact) mass is 977 g/mol. The van der Waals surface area contributed by atoms with E-state index in [-0.39, 0.29) is 57.0 Å². The van der Waals surface area contributed by atoms with Gasteiger partial charge in [-0.2, -0.15) is 13.2 Å². The summed E-state index contributed by atoms with van der Waals surface area (Å²) in [5.41, 5.74) is 11.4. The summed E-state index contributed by atoms with van der Waals surface area (Å²) in [5, 5.41) is 10.4. The van der Waals surface area contributed by atoms with E-state index in [1.165, 1.54) is 10.7 Å². The molecule has 69 heavy (non-hydrogen) atoms. The molecule has 6 heterocycles. The predicted octanol–water partition coefficient (Wildman–Crippen LogP) is 7.49. The lowest BCUT2D eigenvalue weighted by Gasteiger charge is -2.51. The molecule has 3 fully saturated rings. The van der Waals surface area contributed by atoms with E-state index in [9.17, 15) is 32.3 Å². The summed E-state index contributed by atoms with van der Waals surface area (Å²) in [4.78, 5) is 64.3. The van der Waals surface area contributed by atoms with Gasteiger partial charge >= 0.3 is 6.18 Å². The number of carbonyl (C=O) groups is 4. The van der Waals surface area contributed by atoms with E-state index in [1.807, 2.05) is 36.4 Å². The summed E-state index contributed by atoms with van der Waals surface area (Å²) >= 11 is 6.42. The second-order valence-electron chi connectivity index (χ2n) is 18.1. The Morgan fingerprint density at radius 3 is 2.36 bits per heavy atom. The number of imidazole rings is 1. The number of carbonyl (C=O) groups excluding carboxylic acids is 4. The molecule has 2 saturated heterocycles. The van der Waals surface area contributed by atoms with Crippen LogP contribution in [0.3, 0.4) is 0 Å². The lowest BCUT2D eigenvalue weighted by molar-refractivity contribution is -0.193. The number of imide groups is 1. The van der Waals surface area contributed by atoms with Gasteiger partial charge < -0.3 is 25.8 Å². The van der Waals surface area contributed by atoms with Gasteiger partial charge in [-0.3, -0.25) is 34.4 Å². The number of likely N-dealkylation sites (tertiary alicyclic amines) is 2. The topological polar surface area (TPSA) is 174 Å². The minimum Gasteiger partial charge on any atom is -0.385 e. The molecule has 9 rings (SSSR count). The van der Waals surface area contributed by atoms with Crippen LogP contribution in [0.2, 0.25) is 5.02 Å². The highest BCUT2D eigenvalue weighted by Crippen LogP contribution is 2.51. The molecule has 0 bridgehead atoms. The summed E-state index contributed by atoms with van der Waals surface area (Å²) < 4.78 is 68.3. The first kappa shape index (κ1) is 49.0. The highest BCUT2D eigenvalue weighted by atomic mass is 35.5. The fraction of sp³-hybridized carbons (Fsp3) is 0.438. The maximum atomic E-state index is 16.2. The summed E-state index contributed by atoms with van der Waals surface area (Å²) in [5.74, 6) is -4.62. The minimum absolute atomic E-state index is 0.0517. The molecule has 1 saturated carbocycles. The number of nitrogens with one attached hydrogen (secondary N) is 2. The fourth-order valence-corrected chi connectivity index (χ4v) is 9.90. The molecular weight excluding hydrogens is 925 g/mol. The Balaban J connectivity index is 0.000000729. The van der Waals surface area contributed by atoms with Gasteiger partial charge in [0.1, 0.15) is 5.69 Å². The number of amides is 4. The highest BCUT2D eigenvalue weighted by molar-refractivity contribution is 6.33. The van der Waals surface area contributed by atoms with Crippen LogP contribution in [-0.4, -0.2) is 119 Å². The lowest BCUT2D eigenvalue weighted by atomic mass is 9.68. The van der Waals surface area contributed by atoms with Crippen molar-refractivity contribution in [2.75, 3.05) is 68.5 Å². The Kier molecular flexibility index (Phi) is 14.1. The number of nitrogens with two attached hydrogens (primary N) is 1. The summed E-state index contributed by atoms with van der Waals surface area (Å²) in [6.45, 7) is 1.80. The van der Waals surface area contributed by atoms with Crippen molar-refractivity contribution in [2.45, 2.75) is 70.0 Å². The third-order valence-corrected chi connectivity index (χ3v) is 14.3. The number of fused-ring (bicyclic) bond motifs is 2. The number of nitrogens with zero attached hydrogens (tertiary/aromatic N) is 8. The second-order valence-corrected chi connectivity index (χ2v) is 18.5. The number of hydrogen-bond acceptors (Lipinski definition) is 11. The average molecular weight is 978 g/mol. The van der Waals surface area contributed by atoms with Crippen LogP contribution in [0.1, 0.15) is 76.9 Å². The molecule has 2 aromatic carbocycles. The number of piperidine rings is 2. The summed E-state index contributed by atoms with van der Waals surface area (Å²) in [6.07, 6.45) is 2.55. The first-order valence-electron chi connectivity index (χ1n) is 22.8. The summed E-state index contributed by atoms with van der Waals surface area (Å²) in [6, 6.07) is 16.7. The van der Waals surface area contributed by atoms with Crippen molar-refractivity contribution >= 4 is 64.3 Å². The first-order chi connectivity index (χ1) is 32.9.